The molecule has 1 aromatic heterocycles. The molecule has 0 aliphatic carbocycles. The van der Waals surface area contributed by atoms with Crippen LogP contribution in [-0.2, 0) is 6.61 Å². The van der Waals surface area contributed by atoms with Crippen molar-refractivity contribution in [2.45, 2.75) is 6.61 Å². The smallest absolute Gasteiger partial charge is 0.395 e. The van der Waals surface area contributed by atoms with Gasteiger partial charge in [-0.15, -0.1) is 0 Å². The van der Waals surface area contributed by atoms with Crippen molar-refractivity contribution >= 4 is 52.0 Å². The number of H-pyrrole nitrogens is 1. The third-order valence-corrected chi connectivity index (χ3v) is 5.11. The fraction of sp³-hybridized carbons (Fsp3) is 0.100. The minimum atomic E-state index is -1.05. The summed E-state index contributed by atoms with van der Waals surface area (Å²) in [4.78, 5) is 27.4. The van der Waals surface area contributed by atoms with Gasteiger partial charge in [-0.05, 0) is 64.1 Å². The molecular weight excluding hydrogens is 541 g/mol. The number of ether oxygens (including phenoxy) is 2. The molecule has 31 heavy (non-hydrogen) atoms. The lowest BCUT2D eigenvalue weighted by Crippen LogP contribution is -2.14. The average Bonchev–Trinajstić information content (AvgIpc) is 2.71. The Balaban J connectivity index is 1.83. The number of nitrogens with zero attached hydrogens (tertiary/aromatic N) is 2. The van der Waals surface area contributed by atoms with Crippen LogP contribution in [0.15, 0.2) is 41.2 Å². The van der Waals surface area contributed by atoms with E-state index in [1.54, 1.807) is 24.3 Å². The third kappa shape index (κ3) is 5.52. The van der Waals surface area contributed by atoms with E-state index in [4.69, 9.17) is 21.1 Å². The Morgan fingerprint density at radius 3 is 2.61 bits per heavy atom. The van der Waals surface area contributed by atoms with Crippen LogP contribution >= 0.6 is 34.2 Å². The summed E-state index contributed by atoms with van der Waals surface area (Å²) in [5.74, 6) is 0.0693. The van der Waals surface area contributed by atoms with Crippen molar-refractivity contribution in [1.29, 1.82) is 0 Å². The maximum atomic E-state index is 11.7. The maximum absolute atomic E-state index is 11.7. The molecule has 0 fully saturated rings. The molecule has 2 aromatic carbocycles. The van der Waals surface area contributed by atoms with Crippen molar-refractivity contribution in [3.05, 3.63) is 82.4 Å². The Morgan fingerprint density at radius 1 is 1.29 bits per heavy atom. The number of benzene rings is 2. The highest BCUT2D eigenvalue weighted by Gasteiger charge is 2.21. The zero-order valence-electron chi connectivity index (χ0n) is 16.0. The van der Waals surface area contributed by atoms with Crippen molar-refractivity contribution in [2.75, 3.05) is 7.11 Å². The molecule has 0 atom stereocenters. The van der Waals surface area contributed by atoms with E-state index in [1.807, 2.05) is 18.2 Å². The zero-order valence-corrected chi connectivity index (χ0v) is 18.9. The van der Waals surface area contributed by atoms with Gasteiger partial charge in [-0.1, -0.05) is 29.8 Å². The highest BCUT2D eigenvalue weighted by atomic mass is 127. The summed E-state index contributed by atoms with van der Waals surface area (Å²) in [6.07, 6.45) is 3.02. The first-order valence-electron chi connectivity index (χ1n) is 8.69. The highest BCUT2D eigenvalue weighted by molar-refractivity contribution is 14.1. The Bertz CT molecular complexity index is 1210. The number of nitrogens with one attached hydrogen (secondary N) is 1. The molecule has 1 heterocycles. The fourth-order valence-corrected chi connectivity index (χ4v) is 3.51. The van der Waals surface area contributed by atoms with Crippen LogP contribution in [0.4, 0.5) is 5.69 Å². The van der Waals surface area contributed by atoms with Gasteiger partial charge in [0.2, 0.25) is 0 Å². The van der Waals surface area contributed by atoms with Gasteiger partial charge >= 0.3 is 11.2 Å². The van der Waals surface area contributed by atoms with Gasteiger partial charge in [0.1, 0.15) is 12.4 Å². The van der Waals surface area contributed by atoms with Gasteiger partial charge in [-0.2, -0.15) is 4.98 Å². The minimum Gasteiger partial charge on any atom is -0.493 e. The summed E-state index contributed by atoms with van der Waals surface area (Å²) in [5, 5.41) is 21.0. The number of nitro groups is 1. The molecule has 160 valence electrons. The van der Waals surface area contributed by atoms with E-state index >= 15 is 0 Å². The zero-order chi connectivity index (χ0) is 22.5. The molecule has 0 aliphatic rings. The topological polar surface area (TPSA) is 128 Å². The quantitative estimate of drug-likeness (QED) is 0.251. The molecule has 0 spiro atoms. The van der Waals surface area contributed by atoms with Gasteiger partial charge in [0.05, 0.1) is 15.6 Å². The maximum Gasteiger partial charge on any atom is 0.395 e. The number of aromatic nitrogens is 2. The Hall–Kier alpha value is -3.12. The van der Waals surface area contributed by atoms with E-state index in [9.17, 15) is 20.0 Å². The molecular formula is C20H15ClIN3O6. The van der Waals surface area contributed by atoms with E-state index in [1.165, 1.54) is 13.2 Å². The lowest BCUT2D eigenvalue weighted by atomic mass is 10.2. The lowest BCUT2D eigenvalue weighted by Gasteiger charge is -2.14. The first kappa shape index (κ1) is 22.6. The van der Waals surface area contributed by atoms with Crippen LogP contribution in [0, 0.1) is 13.7 Å². The second-order valence-corrected chi connectivity index (χ2v) is 7.76. The summed E-state index contributed by atoms with van der Waals surface area (Å²) >= 11 is 8.01. The first-order chi connectivity index (χ1) is 14.8. The highest BCUT2D eigenvalue weighted by Crippen LogP contribution is 2.35. The SMILES string of the molecule is COc1cc(/C=C\c2nc(O)c([N+](=O)[O-])c(=O)[nH]2)cc(I)c1OCc1ccc(Cl)cc1. The average molecular weight is 556 g/mol. The molecule has 11 heteroatoms. The number of hydrogen-bond donors (Lipinski definition) is 2. The normalized spacial score (nSPS) is 10.9. The van der Waals surface area contributed by atoms with Gasteiger partial charge in [0.25, 0.3) is 5.88 Å². The van der Waals surface area contributed by atoms with E-state index in [0.29, 0.717) is 28.7 Å². The van der Waals surface area contributed by atoms with Gasteiger partial charge in [0.15, 0.2) is 11.5 Å². The van der Waals surface area contributed by atoms with Crippen LogP contribution in [0.3, 0.4) is 0 Å². The van der Waals surface area contributed by atoms with Crippen LogP contribution in [0.25, 0.3) is 12.2 Å². The van der Waals surface area contributed by atoms with Gasteiger partial charge in [0, 0.05) is 5.02 Å². The minimum absolute atomic E-state index is 0.0369. The van der Waals surface area contributed by atoms with Gasteiger partial charge < -0.3 is 19.6 Å². The number of halogens is 2. The van der Waals surface area contributed by atoms with Crippen LogP contribution in [0.2, 0.25) is 5.02 Å². The molecule has 0 unspecified atom stereocenters. The van der Waals surface area contributed by atoms with Crippen molar-refractivity contribution in [3.63, 3.8) is 0 Å². The van der Waals surface area contributed by atoms with Crippen molar-refractivity contribution in [3.8, 4) is 17.4 Å². The first-order valence-corrected chi connectivity index (χ1v) is 10.1. The predicted octanol–water partition coefficient (Wildman–Crippen LogP) is 4.40. The molecule has 0 aliphatic heterocycles. The Morgan fingerprint density at radius 2 is 2.00 bits per heavy atom. The largest absolute Gasteiger partial charge is 0.493 e. The van der Waals surface area contributed by atoms with E-state index in [2.05, 4.69) is 32.6 Å². The molecule has 3 aromatic rings. The lowest BCUT2D eigenvalue weighted by molar-refractivity contribution is -0.387. The fourth-order valence-electron chi connectivity index (χ4n) is 2.60. The predicted molar refractivity (Wildman–Crippen MR) is 124 cm³/mol. The van der Waals surface area contributed by atoms with Crippen LogP contribution < -0.4 is 15.0 Å². The molecule has 0 saturated carbocycles. The number of aromatic amines is 1. The standard InChI is InChI=1S/C20H15ClIN3O6/c1-30-15-9-12(4-7-16-23-19(26)17(25(28)29)20(27)24-16)8-14(22)18(15)31-10-11-2-5-13(21)6-3-11/h2-9H,10H2,1H3,(H2,23,24,26,27)/b7-4-. The number of methoxy groups -OCH3 is 1. The van der Waals surface area contributed by atoms with Crippen molar-refractivity contribution in [1.82, 2.24) is 9.97 Å². The van der Waals surface area contributed by atoms with Crippen LogP contribution in [-0.4, -0.2) is 27.1 Å². The van der Waals surface area contributed by atoms with E-state index in [0.717, 1.165) is 9.13 Å². The van der Waals surface area contributed by atoms with Crippen LogP contribution in [0.1, 0.15) is 17.0 Å². The molecule has 0 radical (unpaired) electrons. The molecule has 2 N–H and O–H groups in total. The molecule has 0 saturated heterocycles. The number of rotatable bonds is 7. The molecule has 0 amide bonds. The molecule has 3 rings (SSSR count). The summed E-state index contributed by atoms with van der Waals surface area (Å²) < 4.78 is 12.1. The second kappa shape index (κ2) is 9.79. The molecule has 9 nitrogen and oxygen atoms in total. The van der Waals surface area contributed by atoms with Gasteiger partial charge in [-0.3, -0.25) is 14.9 Å². The van der Waals surface area contributed by atoms with E-state index < -0.39 is 22.0 Å². The number of hydrogen-bond acceptors (Lipinski definition) is 7. The Kier molecular flexibility index (Phi) is 7.13. The Labute approximate surface area is 194 Å². The van der Waals surface area contributed by atoms with E-state index in [-0.39, 0.29) is 5.82 Å². The summed E-state index contributed by atoms with van der Waals surface area (Å²) in [5.41, 5.74) is -0.411. The number of aromatic hydroxyl groups is 1. The summed E-state index contributed by atoms with van der Waals surface area (Å²) in [6, 6.07) is 10.8. The third-order valence-electron chi connectivity index (χ3n) is 4.06. The summed E-state index contributed by atoms with van der Waals surface area (Å²) in [7, 11) is 1.52. The summed E-state index contributed by atoms with van der Waals surface area (Å²) in [6.45, 7) is 0.325. The van der Waals surface area contributed by atoms with Crippen molar-refractivity contribution < 1.29 is 19.5 Å². The van der Waals surface area contributed by atoms with Crippen LogP contribution in [0.5, 0.6) is 17.4 Å². The van der Waals surface area contributed by atoms with Crippen molar-refractivity contribution in [2.24, 2.45) is 0 Å². The second-order valence-electron chi connectivity index (χ2n) is 6.16. The monoisotopic (exact) mass is 555 g/mol. The molecule has 0 bridgehead atoms. The van der Waals surface area contributed by atoms with Gasteiger partial charge in [-0.25, -0.2) is 0 Å².